The lowest BCUT2D eigenvalue weighted by Crippen LogP contribution is -2.46. The number of furan rings is 1. The first-order valence-electron chi connectivity index (χ1n) is 4.96. The third kappa shape index (κ3) is 4.10. The van der Waals surface area contributed by atoms with Gasteiger partial charge in [-0.15, -0.1) is 0 Å². The van der Waals surface area contributed by atoms with E-state index in [4.69, 9.17) is 9.52 Å². The molecule has 1 heterocycles. The molecule has 94 valence electrons. The van der Waals surface area contributed by atoms with Gasteiger partial charge in [0.1, 0.15) is 6.04 Å². The third-order valence-corrected chi connectivity index (χ3v) is 2.46. The van der Waals surface area contributed by atoms with E-state index in [1.54, 1.807) is 26.0 Å². The molecular weight excluding hydrogens is 292 g/mol. The lowest BCUT2D eigenvalue weighted by atomic mass is 10.1. The Morgan fingerprint density at radius 3 is 2.47 bits per heavy atom. The van der Waals surface area contributed by atoms with Gasteiger partial charge < -0.3 is 14.8 Å². The lowest BCUT2D eigenvalue weighted by molar-refractivity contribution is -0.140. The molecule has 2 amide bonds. The third-order valence-electron chi connectivity index (χ3n) is 2.03. The van der Waals surface area contributed by atoms with Crippen molar-refractivity contribution in [3.8, 4) is 0 Å². The molecule has 17 heavy (non-hydrogen) atoms. The minimum atomic E-state index is -1.07. The first-order chi connectivity index (χ1) is 7.90. The number of amides is 2. The van der Waals surface area contributed by atoms with Gasteiger partial charge in [0.2, 0.25) is 5.88 Å². The summed E-state index contributed by atoms with van der Waals surface area (Å²) in [5, 5.41) is 13.6. The minimum absolute atomic E-state index is 0.207. The molecule has 1 atom stereocenters. The fourth-order valence-corrected chi connectivity index (χ4v) is 1.49. The summed E-state index contributed by atoms with van der Waals surface area (Å²) in [5.41, 5.74) is 0. The van der Waals surface area contributed by atoms with Crippen LogP contribution in [0.4, 0.5) is 10.7 Å². The minimum Gasteiger partial charge on any atom is -0.480 e. The molecule has 7 heteroatoms. The molecule has 1 unspecified atom stereocenters. The van der Waals surface area contributed by atoms with Crippen LogP contribution in [0, 0.1) is 5.92 Å². The van der Waals surface area contributed by atoms with E-state index in [-0.39, 0.29) is 11.8 Å². The molecule has 0 saturated heterocycles. The summed E-state index contributed by atoms with van der Waals surface area (Å²) in [6, 6.07) is 1.61. The number of hydrogen-bond donors (Lipinski definition) is 3. The van der Waals surface area contributed by atoms with Gasteiger partial charge in [-0.3, -0.25) is 5.32 Å². The molecule has 0 aliphatic rings. The van der Waals surface area contributed by atoms with Gasteiger partial charge in [-0.25, -0.2) is 9.59 Å². The van der Waals surface area contributed by atoms with E-state index in [1.165, 1.54) is 0 Å². The highest BCUT2D eigenvalue weighted by atomic mass is 79.9. The number of hydrogen-bond acceptors (Lipinski definition) is 3. The van der Waals surface area contributed by atoms with E-state index in [0.29, 0.717) is 4.67 Å². The quantitative estimate of drug-likeness (QED) is 0.795. The van der Waals surface area contributed by atoms with E-state index < -0.39 is 18.0 Å². The van der Waals surface area contributed by atoms with Gasteiger partial charge in [-0.05, 0) is 27.9 Å². The number of nitrogens with one attached hydrogen (secondary N) is 2. The highest BCUT2D eigenvalue weighted by molar-refractivity contribution is 9.10. The number of carbonyl (C=O) groups is 2. The lowest BCUT2D eigenvalue weighted by Gasteiger charge is -2.17. The van der Waals surface area contributed by atoms with E-state index in [1.807, 2.05) is 0 Å². The van der Waals surface area contributed by atoms with Crippen molar-refractivity contribution >= 4 is 33.8 Å². The van der Waals surface area contributed by atoms with Crippen LogP contribution in [0.1, 0.15) is 13.8 Å². The zero-order valence-electron chi connectivity index (χ0n) is 9.36. The van der Waals surface area contributed by atoms with E-state index >= 15 is 0 Å². The van der Waals surface area contributed by atoms with Gasteiger partial charge in [0.05, 0.1) is 0 Å². The fourth-order valence-electron chi connectivity index (χ4n) is 1.18. The molecular formula is C10H13BrN2O4. The van der Waals surface area contributed by atoms with Gasteiger partial charge in [0.25, 0.3) is 0 Å². The van der Waals surface area contributed by atoms with Crippen LogP contribution < -0.4 is 10.6 Å². The van der Waals surface area contributed by atoms with Crippen molar-refractivity contribution in [2.45, 2.75) is 19.9 Å². The molecule has 0 aliphatic carbocycles. The second-order valence-corrected chi connectivity index (χ2v) is 4.54. The second-order valence-electron chi connectivity index (χ2n) is 3.76. The highest BCUT2D eigenvalue weighted by Gasteiger charge is 2.23. The van der Waals surface area contributed by atoms with E-state index in [2.05, 4.69) is 26.6 Å². The van der Waals surface area contributed by atoms with Crippen molar-refractivity contribution in [1.29, 1.82) is 0 Å². The highest BCUT2D eigenvalue weighted by Crippen LogP contribution is 2.18. The SMILES string of the molecule is CC(C)C(NC(=O)Nc1ccc(Br)o1)C(=O)O. The Labute approximate surface area is 106 Å². The van der Waals surface area contributed by atoms with Crippen molar-refractivity contribution in [1.82, 2.24) is 5.32 Å². The van der Waals surface area contributed by atoms with Crippen molar-refractivity contribution < 1.29 is 19.1 Å². The van der Waals surface area contributed by atoms with Gasteiger partial charge in [-0.2, -0.15) is 0 Å². The molecule has 1 aromatic heterocycles. The van der Waals surface area contributed by atoms with Crippen LogP contribution in [0.5, 0.6) is 0 Å². The molecule has 1 rings (SSSR count). The van der Waals surface area contributed by atoms with Gasteiger partial charge >= 0.3 is 12.0 Å². The number of carboxylic acid groups (broad SMARTS) is 1. The first-order valence-corrected chi connectivity index (χ1v) is 5.75. The van der Waals surface area contributed by atoms with Crippen LogP contribution in [0.15, 0.2) is 21.2 Å². The maximum absolute atomic E-state index is 11.5. The molecule has 0 aromatic carbocycles. The first kappa shape index (κ1) is 13.6. The molecule has 0 fully saturated rings. The standard InChI is InChI=1S/C10H13BrN2O4/c1-5(2)8(9(14)15)13-10(16)12-7-4-3-6(11)17-7/h3-5,8H,1-2H3,(H,14,15)(H2,12,13,16). The maximum Gasteiger partial charge on any atom is 0.326 e. The topological polar surface area (TPSA) is 91.6 Å². The molecule has 6 nitrogen and oxygen atoms in total. The normalized spacial score (nSPS) is 12.2. The van der Waals surface area contributed by atoms with Crippen molar-refractivity contribution in [3.05, 3.63) is 16.8 Å². The number of aliphatic carboxylic acids is 1. The zero-order valence-corrected chi connectivity index (χ0v) is 10.9. The molecule has 1 aromatic rings. The van der Waals surface area contributed by atoms with Crippen molar-refractivity contribution in [2.24, 2.45) is 5.92 Å². The van der Waals surface area contributed by atoms with Crippen LogP contribution in [0.3, 0.4) is 0 Å². The Morgan fingerprint density at radius 1 is 1.41 bits per heavy atom. The monoisotopic (exact) mass is 304 g/mol. The van der Waals surface area contributed by atoms with E-state index in [0.717, 1.165) is 0 Å². The van der Waals surface area contributed by atoms with Gasteiger partial charge in [0, 0.05) is 6.07 Å². The largest absolute Gasteiger partial charge is 0.480 e. The Balaban J connectivity index is 2.56. The van der Waals surface area contributed by atoms with Crippen LogP contribution >= 0.6 is 15.9 Å². The van der Waals surface area contributed by atoms with E-state index in [9.17, 15) is 9.59 Å². The summed E-state index contributed by atoms with van der Waals surface area (Å²) in [7, 11) is 0. The Bertz CT molecular complexity index is 416. The molecule has 0 spiro atoms. The average molecular weight is 305 g/mol. The predicted molar refractivity (Wildman–Crippen MR) is 64.8 cm³/mol. The number of halogens is 1. The summed E-state index contributed by atoms with van der Waals surface area (Å²) in [6.07, 6.45) is 0. The van der Waals surface area contributed by atoms with Gasteiger partial charge in [-0.1, -0.05) is 13.8 Å². The maximum atomic E-state index is 11.5. The number of rotatable bonds is 4. The summed E-state index contributed by atoms with van der Waals surface area (Å²) in [6.45, 7) is 3.42. The van der Waals surface area contributed by atoms with Crippen molar-refractivity contribution in [2.75, 3.05) is 5.32 Å². The predicted octanol–water partition coefficient (Wildman–Crippen LogP) is 2.27. The van der Waals surface area contributed by atoms with Gasteiger partial charge in [0.15, 0.2) is 4.67 Å². The van der Waals surface area contributed by atoms with Crippen LogP contribution in [-0.4, -0.2) is 23.1 Å². The smallest absolute Gasteiger partial charge is 0.326 e. The average Bonchev–Trinajstić information content (AvgIpc) is 2.59. The Morgan fingerprint density at radius 2 is 2.06 bits per heavy atom. The summed E-state index contributed by atoms with van der Waals surface area (Å²) >= 11 is 3.09. The second kappa shape index (κ2) is 5.72. The van der Waals surface area contributed by atoms with Crippen LogP contribution in [-0.2, 0) is 4.79 Å². The number of urea groups is 1. The Hall–Kier alpha value is -1.50. The zero-order chi connectivity index (χ0) is 13.0. The number of carboxylic acids is 1. The molecule has 0 bridgehead atoms. The number of anilines is 1. The Kier molecular flexibility index (Phi) is 4.56. The summed E-state index contributed by atoms with van der Waals surface area (Å²) < 4.78 is 5.53. The van der Waals surface area contributed by atoms with Crippen LogP contribution in [0.2, 0.25) is 0 Å². The van der Waals surface area contributed by atoms with Crippen molar-refractivity contribution in [3.63, 3.8) is 0 Å². The summed E-state index contributed by atoms with van der Waals surface area (Å²) in [5.74, 6) is -1.04. The fraction of sp³-hybridized carbons (Fsp3) is 0.400. The number of carbonyl (C=O) groups excluding carboxylic acids is 1. The molecule has 0 radical (unpaired) electrons. The molecule has 0 aliphatic heterocycles. The summed E-state index contributed by atoms with van der Waals surface area (Å²) in [4.78, 5) is 22.3. The molecule has 3 N–H and O–H groups in total. The molecule has 0 saturated carbocycles. The van der Waals surface area contributed by atoms with Crippen LogP contribution in [0.25, 0.3) is 0 Å².